The van der Waals surface area contributed by atoms with Gasteiger partial charge in [0.15, 0.2) is 11.0 Å². The first-order chi connectivity index (χ1) is 11.2. The van der Waals surface area contributed by atoms with Gasteiger partial charge in [0, 0.05) is 25.5 Å². The van der Waals surface area contributed by atoms with Gasteiger partial charge in [-0.3, -0.25) is 4.68 Å². The number of hydrogen-bond donors (Lipinski definition) is 0. The van der Waals surface area contributed by atoms with Crippen LogP contribution in [0.25, 0.3) is 11.4 Å². The molecule has 2 heterocycles. The van der Waals surface area contributed by atoms with E-state index in [4.69, 9.17) is 4.74 Å². The summed E-state index contributed by atoms with van der Waals surface area (Å²) in [6, 6.07) is 10.4. The molecule has 0 saturated carbocycles. The number of rotatable bonds is 6. The first kappa shape index (κ1) is 15.6. The molecule has 0 atom stereocenters. The van der Waals surface area contributed by atoms with Gasteiger partial charge < -0.3 is 9.30 Å². The number of ether oxygens (including phenoxy) is 1. The predicted molar refractivity (Wildman–Crippen MR) is 90.5 cm³/mol. The summed E-state index contributed by atoms with van der Waals surface area (Å²) in [4.78, 5) is 0. The van der Waals surface area contributed by atoms with Crippen LogP contribution < -0.4 is 4.74 Å². The second kappa shape index (κ2) is 6.87. The van der Waals surface area contributed by atoms with Crippen LogP contribution in [0.5, 0.6) is 5.88 Å². The number of hydrogen-bond acceptors (Lipinski definition) is 5. The van der Waals surface area contributed by atoms with Crippen molar-refractivity contribution in [2.45, 2.75) is 24.4 Å². The van der Waals surface area contributed by atoms with Crippen molar-refractivity contribution in [1.82, 2.24) is 24.5 Å². The predicted octanol–water partition coefficient (Wildman–Crippen LogP) is 3.00. The zero-order valence-corrected chi connectivity index (χ0v) is 14.2. The fourth-order valence-electron chi connectivity index (χ4n) is 2.37. The summed E-state index contributed by atoms with van der Waals surface area (Å²) in [5.74, 6) is 2.21. The molecule has 1 aromatic carbocycles. The second-order valence-electron chi connectivity index (χ2n) is 5.05. The molecule has 0 aliphatic carbocycles. The quantitative estimate of drug-likeness (QED) is 0.651. The van der Waals surface area contributed by atoms with E-state index >= 15 is 0 Å². The lowest BCUT2D eigenvalue weighted by molar-refractivity contribution is 0.393. The molecular weight excluding hydrogens is 310 g/mol. The SMILES string of the molecule is CCn1c(SCc2ccccc2)nnc1-c1cn(C)nc1OC. The molecule has 3 rings (SSSR count). The van der Waals surface area contributed by atoms with Crippen molar-refractivity contribution in [3.63, 3.8) is 0 Å². The molecule has 0 bridgehead atoms. The average molecular weight is 329 g/mol. The van der Waals surface area contributed by atoms with Crippen molar-refractivity contribution in [1.29, 1.82) is 0 Å². The zero-order chi connectivity index (χ0) is 16.2. The maximum atomic E-state index is 5.34. The number of aryl methyl sites for hydroxylation is 1. The van der Waals surface area contributed by atoms with E-state index in [1.54, 1.807) is 23.6 Å². The van der Waals surface area contributed by atoms with Gasteiger partial charge in [-0.05, 0) is 12.5 Å². The number of thioether (sulfide) groups is 1. The molecule has 0 unspecified atom stereocenters. The highest BCUT2D eigenvalue weighted by molar-refractivity contribution is 7.98. The lowest BCUT2D eigenvalue weighted by Crippen LogP contribution is -2.00. The monoisotopic (exact) mass is 329 g/mol. The molecular formula is C16H19N5OS. The van der Waals surface area contributed by atoms with Crippen molar-refractivity contribution in [3.05, 3.63) is 42.1 Å². The molecule has 0 saturated heterocycles. The average Bonchev–Trinajstić information content (AvgIpc) is 3.16. The Hall–Kier alpha value is -2.28. The molecule has 0 radical (unpaired) electrons. The Morgan fingerprint density at radius 1 is 1.17 bits per heavy atom. The Bertz CT molecular complexity index is 781. The van der Waals surface area contributed by atoms with E-state index in [0.29, 0.717) is 5.88 Å². The zero-order valence-electron chi connectivity index (χ0n) is 13.4. The molecule has 3 aromatic rings. The summed E-state index contributed by atoms with van der Waals surface area (Å²) in [6.45, 7) is 2.87. The highest BCUT2D eigenvalue weighted by Gasteiger charge is 2.19. The fraction of sp³-hybridized carbons (Fsp3) is 0.312. The van der Waals surface area contributed by atoms with E-state index in [9.17, 15) is 0 Å². The molecule has 6 nitrogen and oxygen atoms in total. The van der Waals surface area contributed by atoms with Crippen LogP contribution >= 0.6 is 11.8 Å². The third-order valence-electron chi connectivity index (χ3n) is 3.47. The van der Waals surface area contributed by atoms with Gasteiger partial charge in [-0.15, -0.1) is 15.3 Å². The molecule has 120 valence electrons. The molecule has 0 aliphatic rings. The normalized spacial score (nSPS) is 10.9. The van der Waals surface area contributed by atoms with Crippen molar-refractivity contribution in [3.8, 4) is 17.3 Å². The van der Waals surface area contributed by atoms with E-state index in [1.165, 1.54) is 5.56 Å². The Labute approximate surface area is 139 Å². The Balaban J connectivity index is 1.87. The van der Waals surface area contributed by atoms with Crippen molar-refractivity contribution in [2.75, 3.05) is 7.11 Å². The van der Waals surface area contributed by atoms with Crippen molar-refractivity contribution >= 4 is 11.8 Å². The lowest BCUT2D eigenvalue weighted by Gasteiger charge is -2.07. The topological polar surface area (TPSA) is 57.8 Å². The van der Waals surface area contributed by atoms with Gasteiger partial charge in [-0.25, -0.2) is 0 Å². The van der Waals surface area contributed by atoms with Crippen LogP contribution in [-0.4, -0.2) is 31.7 Å². The Kier molecular flexibility index (Phi) is 4.66. The standard InChI is InChI=1S/C16H19N5OS/c1-4-21-14(13-10-20(2)19-15(13)22-3)17-18-16(21)23-11-12-8-6-5-7-9-12/h5-10H,4,11H2,1-3H3. The van der Waals surface area contributed by atoms with Gasteiger partial charge >= 0.3 is 0 Å². The first-order valence-corrected chi connectivity index (χ1v) is 8.39. The minimum Gasteiger partial charge on any atom is -0.479 e. The number of methoxy groups -OCH3 is 1. The molecule has 0 amide bonds. The van der Waals surface area contributed by atoms with Crippen LogP contribution in [0.3, 0.4) is 0 Å². The van der Waals surface area contributed by atoms with Crippen LogP contribution in [0.1, 0.15) is 12.5 Å². The molecule has 23 heavy (non-hydrogen) atoms. The van der Waals surface area contributed by atoms with Gasteiger partial charge in [0.2, 0.25) is 5.88 Å². The minimum atomic E-state index is 0.564. The first-order valence-electron chi connectivity index (χ1n) is 7.40. The van der Waals surface area contributed by atoms with Crippen molar-refractivity contribution < 1.29 is 4.74 Å². The van der Waals surface area contributed by atoms with Crippen molar-refractivity contribution in [2.24, 2.45) is 7.05 Å². The van der Waals surface area contributed by atoms with Crippen LogP contribution in [0.15, 0.2) is 41.7 Å². The Morgan fingerprint density at radius 3 is 2.65 bits per heavy atom. The lowest BCUT2D eigenvalue weighted by atomic mass is 10.2. The van der Waals surface area contributed by atoms with Gasteiger partial charge in [-0.2, -0.15) is 0 Å². The van der Waals surface area contributed by atoms with Crippen LogP contribution in [0, 0.1) is 0 Å². The summed E-state index contributed by atoms with van der Waals surface area (Å²) in [5, 5.41) is 13.9. The van der Waals surface area contributed by atoms with E-state index in [2.05, 4.69) is 38.9 Å². The molecule has 0 aliphatic heterocycles. The van der Waals surface area contributed by atoms with E-state index in [1.807, 2.05) is 31.4 Å². The van der Waals surface area contributed by atoms with Gasteiger partial charge in [0.25, 0.3) is 0 Å². The molecule has 2 aromatic heterocycles. The van der Waals surface area contributed by atoms with E-state index in [0.717, 1.165) is 28.8 Å². The largest absolute Gasteiger partial charge is 0.479 e. The summed E-state index contributed by atoms with van der Waals surface area (Å²) in [5.41, 5.74) is 2.12. The number of benzene rings is 1. The maximum Gasteiger partial charge on any atom is 0.243 e. The molecule has 7 heteroatoms. The van der Waals surface area contributed by atoms with Crippen LogP contribution in [0.4, 0.5) is 0 Å². The second-order valence-corrected chi connectivity index (χ2v) is 5.99. The third kappa shape index (κ3) is 3.24. The van der Waals surface area contributed by atoms with Gasteiger partial charge in [0.05, 0.1) is 7.11 Å². The summed E-state index contributed by atoms with van der Waals surface area (Å²) in [7, 11) is 3.48. The summed E-state index contributed by atoms with van der Waals surface area (Å²) >= 11 is 1.68. The summed E-state index contributed by atoms with van der Waals surface area (Å²) in [6.07, 6.45) is 1.90. The van der Waals surface area contributed by atoms with E-state index in [-0.39, 0.29) is 0 Å². The molecule has 0 N–H and O–H groups in total. The summed E-state index contributed by atoms with van der Waals surface area (Å²) < 4.78 is 9.15. The third-order valence-corrected chi connectivity index (χ3v) is 4.51. The fourth-order valence-corrected chi connectivity index (χ4v) is 3.33. The minimum absolute atomic E-state index is 0.564. The van der Waals surface area contributed by atoms with Gasteiger partial charge in [0.1, 0.15) is 5.56 Å². The van der Waals surface area contributed by atoms with Crippen LogP contribution in [0.2, 0.25) is 0 Å². The smallest absolute Gasteiger partial charge is 0.243 e. The number of aromatic nitrogens is 5. The maximum absolute atomic E-state index is 5.34. The van der Waals surface area contributed by atoms with E-state index < -0.39 is 0 Å². The highest BCUT2D eigenvalue weighted by atomic mass is 32.2. The number of nitrogens with zero attached hydrogens (tertiary/aromatic N) is 5. The molecule has 0 spiro atoms. The molecule has 0 fully saturated rings. The van der Waals surface area contributed by atoms with Crippen LogP contribution in [-0.2, 0) is 19.3 Å². The Morgan fingerprint density at radius 2 is 1.96 bits per heavy atom. The van der Waals surface area contributed by atoms with Gasteiger partial charge in [-0.1, -0.05) is 42.1 Å². The highest BCUT2D eigenvalue weighted by Crippen LogP contribution is 2.30.